The van der Waals surface area contributed by atoms with E-state index in [0.717, 1.165) is 12.8 Å². The maximum atomic E-state index is 8.53. The molecule has 6 nitrogen and oxygen atoms in total. The Labute approximate surface area is 154 Å². The summed E-state index contributed by atoms with van der Waals surface area (Å²) in [7, 11) is 0. The molecule has 0 aromatic carbocycles. The molecule has 1 unspecified atom stereocenters. The molecule has 0 aromatic heterocycles. The molecule has 0 spiro atoms. The van der Waals surface area contributed by atoms with E-state index in [9.17, 15) is 0 Å². The van der Waals surface area contributed by atoms with Crippen molar-refractivity contribution in [1.29, 1.82) is 0 Å². The van der Waals surface area contributed by atoms with Gasteiger partial charge in [-0.25, -0.2) is 0 Å². The minimum Gasteiger partial charge on any atom is -0.394 e. The van der Waals surface area contributed by atoms with Crippen LogP contribution in [0.15, 0.2) is 0 Å². The van der Waals surface area contributed by atoms with E-state index in [-0.39, 0.29) is 6.61 Å². The van der Waals surface area contributed by atoms with E-state index >= 15 is 0 Å². The van der Waals surface area contributed by atoms with Crippen LogP contribution in [0.2, 0.25) is 0 Å². The molecule has 0 aromatic rings. The summed E-state index contributed by atoms with van der Waals surface area (Å²) in [6.45, 7) is 9.36. The summed E-state index contributed by atoms with van der Waals surface area (Å²) < 4.78 is 27.2. The van der Waals surface area contributed by atoms with Gasteiger partial charge in [0.25, 0.3) is 0 Å². The van der Waals surface area contributed by atoms with Crippen molar-refractivity contribution in [2.75, 3.05) is 66.1 Å². The Morgan fingerprint density at radius 2 is 1.16 bits per heavy atom. The van der Waals surface area contributed by atoms with Gasteiger partial charge in [0.1, 0.15) is 0 Å². The van der Waals surface area contributed by atoms with Crippen LogP contribution in [0.5, 0.6) is 0 Å². The van der Waals surface area contributed by atoms with Gasteiger partial charge in [-0.15, -0.1) is 0 Å². The first-order chi connectivity index (χ1) is 12.3. The molecule has 0 fully saturated rings. The smallest absolute Gasteiger partial charge is 0.0704 e. The molecule has 0 amide bonds. The van der Waals surface area contributed by atoms with Crippen LogP contribution < -0.4 is 0 Å². The van der Waals surface area contributed by atoms with Gasteiger partial charge in [-0.1, -0.05) is 39.5 Å². The van der Waals surface area contributed by atoms with Crippen LogP contribution in [-0.4, -0.2) is 77.3 Å². The van der Waals surface area contributed by atoms with Gasteiger partial charge >= 0.3 is 0 Å². The lowest BCUT2D eigenvalue weighted by Gasteiger charge is -2.16. The zero-order valence-electron chi connectivity index (χ0n) is 16.4. The van der Waals surface area contributed by atoms with E-state index in [1.165, 1.54) is 25.7 Å². The lowest BCUT2D eigenvalue weighted by atomic mass is 10.1. The average molecular weight is 365 g/mol. The first kappa shape index (κ1) is 24.8. The molecule has 152 valence electrons. The first-order valence-electron chi connectivity index (χ1n) is 9.88. The highest BCUT2D eigenvalue weighted by Gasteiger charge is 2.05. The standard InChI is InChI=1S/C19H40O6/c1-3-5-6-7-8-19(4-2)25-18-17-24-16-15-23-14-13-22-12-11-21-10-9-20/h19-20H,3-18H2,1-2H3. The molecular formula is C19H40O6. The molecule has 0 heterocycles. The highest BCUT2D eigenvalue weighted by atomic mass is 16.6. The normalized spacial score (nSPS) is 12.6. The van der Waals surface area contributed by atoms with E-state index < -0.39 is 0 Å². The maximum Gasteiger partial charge on any atom is 0.0704 e. The molecule has 0 aliphatic carbocycles. The van der Waals surface area contributed by atoms with Crippen molar-refractivity contribution >= 4 is 0 Å². The van der Waals surface area contributed by atoms with Crippen molar-refractivity contribution in [3.8, 4) is 0 Å². The zero-order chi connectivity index (χ0) is 18.4. The Kier molecular flexibility index (Phi) is 21.6. The second-order valence-electron chi connectivity index (χ2n) is 5.92. The second-order valence-corrected chi connectivity index (χ2v) is 5.92. The minimum absolute atomic E-state index is 0.0478. The summed E-state index contributed by atoms with van der Waals surface area (Å²) in [5.41, 5.74) is 0. The topological polar surface area (TPSA) is 66.4 Å². The van der Waals surface area contributed by atoms with E-state index in [4.69, 9.17) is 28.8 Å². The minimum atomic E-state index is 0.0478. The van der Waals surface area contributed by atoms with Crippen molar-refractivity contribution in [2.24, 2.45) is 0 Å². The van der Waals surface area contributed by atoms with Crippen LogP contribution in [0.1, 0.15) is 52.4 Å². The Bertz CT molecular complexity index is 240. The van der Waals surface area contributed by atoms with Crippen molar-refractivity contribution in [3.05, 3.63) is 0 Å². The fourth-order valence-corrected chi connectivity index (χ4v) is 2.30. The number of unbranched alkanes of at least 4 members (excludes halogenated alkanes) is 3. The maximum absolute atomic E-state index is 8.53. The van der Waals surface area contributed by atoms with Gasteiger partial charge in [-0.3, -0.25) is 0 Å². The van der Waals surface area contributed by atoms with Crippen molar-refractivity contribution in [1.82, 2.24) is 0 Å². The van der Waals surface area contributed by atoms with Crippen molar-refractivity contribution in [3.63, 3.8) is 0 Å². The molecule has 25 heavy (non-hydrogen) atoms. The molecule has 0 aliphatic rings. The lowest BCUT2D eigenvalue weighted by molar-refractivity contribution is -0.0259. The third-order valence-corrected chi connectivity index (χ3v) is 3.77. The van der Waals surface area contributed by atoms with Gasteiger partial charge in [0.05, 0.1) is 72.2 Å². The molecule has 1 atom stereocenters. The Morgan fingerprint density at radius 1 is 0.640 bits per heavy atom. The summed E-state index contributed by atoms with van der Waals surface area (Å²) in [5.74, 6) is 0. The molecule has 0 radical (unpaired) electrons. The Balaban J connectivity index is 3.19. The fraction of sp³-hybridized carbons (Fsp3) is 1.00. The van der Waals surface area contributed by atoms with E-state index in [1.54, 1.807) is 0 Å². The predicted molar refractivity (Wildman–Crippen MR) is 99.2 cm³/mol. The molecule has 0 bridgehead atoms. The number of aliphatic hydroxyl groups excluding tert-OH is 1. The number of hydrogen-bond donors (Lipinski definition) is 1. The SMILES string of the molecule is CCCCCCC(CC)OCCOCCOCCOCCOCCO. The summed E-state index contributed by atoms with van der Waals surface area (Å²) in [5, 5.41) is 8.53. The van der Waals surface area contributed by atoms with Crippen LogP contribution in [0.4, 0.5) is 0 Å². The van der Waals surface area contributed by atoms with E-state index in [1.807, 2.05) is 0 Å². The van der Waals surface area contributed by atoms with Gasteiger partial charge in [0, 0.05) is 0 Å². The van der Waals surface area contributed by atoms with Gasteiger partial charge in [0.15, 0.2) is 0 Å². The summed E-state index contributed by atoms with van der Waals surface area (Å²) >= 11 is 0. The molecule has 0 aliphatic heterocycles. The fourth-order valence-electron chi connectivity index (χ4n) is 2.30. The number of rotatable bonds is 21. The number of hydrogen-bond acceptors (Lipinski definition) is 6. The molecule has 0 saturated carbocycles. The summed E-state index contributed by atoms with van der Waals surface area (Å²) in [6, 6.07) is 0. The predicted octanol–water partition coefficient (Wildman–Crippen LogP) is 2.81. The van der Waals surface area contributed by atoms with Crippen LogP contribution in [-0.2, 0) is 23.7 Å². The van der Waals surface area contributed by atoms with Gasteiger partial charge in [0.2, 0.25) is 0 Å². The largest absolute Gasteiger partial charge is 0.394 e. The molecular weight excluding hydrogens is 324 g/mol. The highest BCUT2D eigenvalue weighted by molar-refractivity contribution is 4.56. The Hall–Kier alpha value is -0.240. The summed E-state index contributed by atoms with van der Waals surface area (Å²) in [6.07, 6.45) is 7.77. The van der Waals surface area contributed by atoms with Crippen molar-refractivity contribution in [2.45, 2.75) is 58.5 Å². The summed E-state index contributed by atoms with van der Waals surface area (Å²) in [4.78, 5) is 0. The highest BCUT2D eigenvalue weighted by Crippen LogP contribution is 2.10. The van der Waals surface area contributed by atoms with Crippen LogP contribution in [0.3, 0.4) is 0 Å². The van der Waals surface area contributed by atoms with E-state index in [2.05, 4.69) is 13.8 Å². The van der Waals surface area contributed by atoms with Crippen LogP contribution in [0.25, 0.3) is 0 Å². The second kappa shape index (κ2) is 21.8. The molecule has 0 saturated heterocycles. The monoisotopic (exact) mass is 364 g/mol. The quantitative estimate of drug-likeness (QED) is 0.316. The lowest BCUT2D eigenvalue weighted by Crippen LogP contribution is -2.17. The van der Waals surface area contributed by atoms with Gasteiger partial charge in [-0.2, -0.15) is 0 Å². The van der Waals surface area contributed by atoms with Crippen LogP contribution >= 0.6 is 0 Å². The number of ether oxygens (including phenoxy) is 5. The van der Waals surface area contributed by atoms with Gasteiger partial charge < -0.3 is 28.8 Å². The van der Waals surface area contributed by atoms with E-state index in [0.29, 0.717) is 65.6 Å². The van der Waals surface area contributed by atoms with Gasteiger partial charge in [-0.05, 0) is 12.8 Å². The molecule has 1 N–H and O–H groups in total. The zero-order valence-corrected chi connectivity index (χ0v) is 16.4. The average Bonchev–Trinajstić information content (AvgIpc) is 2.63. The first-order valence-corrected chi connectivity index (χ1v) is 9.88. The van der Waals surface area contributed by atoms with Crippen molar-refractivity contribution < 1.29 is 28.8 Å². The van der Waals surface area contributed by atoms with Crippen LogP contribution in [0, 0.1) is 0 Å². The molecule has 0 rings (SSSR count). The third-order valence-electron chi connectivity index (χ3n) is 3.77. The molecule has 6 heteroatoms. The Morgan fingerprint density at radius 3 is 1.64 bits per heavy atom. The third kappa shape index (κ3) is 19.9. The number of aliphatic hydroxyl groups is 1.